The summed E-state index contributed by atoms with van der Waals surface area (Å²) in [6.45, 7) is 1.04. The van der Waals surface area contributed by atoms with Gasteiger partial charge in [-0.2, -0.15) is 0 Å². The van der Waals surface area contributed by atoms with Crippen LogP contribution in [-0.4, -0.2) is 22.8 Å². The summed E-state index contributed by atoms with van der Waals surface area (Å²) in [6.07, 6.45) is 5.31. The third-order valence-corrected chi connectivity index (χ3v) is 3.28. The third-order valence-electron chi connectivity index (χ3n) is 3.28. The number of rotatable bonds is 7. The quantitative estimate of drug-likeness (QED) is 0.774. The van der Waals surface area contributed by atoms with E-state index in [1.54, 1.807) is 0 Å². The van der Waals surface area contributed by atoms with Gasteiger partial charge in [-0.25, -0.2) is 0 Å². The molecule has 4 nitrogen and oxygen atoms in total. The molecule has 1 aromatic heterocycles. The van der Waals surface area contributed by atoms with Crippen LogP contribution in [0.5, 0.6) is 0 Å². The second-order valence-corrected chi connectivity index (χ2v) is 5.08. The number of nitrogens with zero attached hydrogens (tertiary/aromatic N) is 2. The summed E-state index contributed by atoms with van der Waals surface area (Å²) >= 11 is 0. The van der Waals surface area contributed by atoms with Gasteiger partial charge in [0, 0.05) is 12.5 Å². The predicted octanol–water partition coefficient (Wildman–Crippen LogP) is 2.35. The zero-order valence-corrected chi connectivity index (χ0v) is 11.0. The van der Waals surface area contributed by atoms with Gasteiger partial charge in [-0.15, -0.1) is 10.2 Å². The Kier molecular flexibility index (Phi) is 3.89. The molecule has 1 fully saturated rings. The zero-order chi connectivity index (χ0) is 12.9. The van der Waals surface area contributed by atoms with Crippen molar-refractivity contribution >= 4 is 0 Å². The minimum Gasteiger partial charge on any atom is -0.425 e. The average Bonchev–Trinajstić information content (AvgIpc) is 3.16. The van der Waals surface area contributed by atoms with Crippen molar-refractivity contribution < 1.29 is 4.42 Å². The molecule has 4 heteroatoms. The van der Waals surface area contributed by atoms with Crippen LogP contribution in [0.3, 0.4) is 0 Å². The molecule has 3 rings (SSSR count). The molecule has 1 saturated carbocycles. The number of nitrogens with one attached hydrogen (secondary N) is 1. The molecule has 1 heterocycles. The van der Waals surface area contributed by atoms with Crippen molar-refractivity contribution in [2.75, 3.05) is 6.54 Å². The van der Waals surface area contributed by atoms with Crippen LogP contribution in [0.2, 0.25) is 0 Å². The Morgan fingerprint density at radius 3 is 2.68 bits per heavy atom. The summed E-state index contributed by atoms with van der Waals surface area (Å²) in [7, 11) is 0. The highest BCUT2D eigenvalue weighted by atomic mass is 16.4. The smallest absolute Gasteiger partial charge is 0.220 e. The van der Waals surface area contributed by atoms with E-state index >= 15 is 0 Å². The first-order chi connectivity index (χ1) is 9.40. The Balaban J connectivity index is 1.45. The van der Waals surface area contributed by atoms with Gasteiger partial charge in [0.05, 0.1) is 6.42 Å². The van der Waals surface area contributed by atoms with Crippen LogP contribution in [0.1, 0.15) is 36.6 Å². The van der Waals surface area contributed by atoms with Gasteiger partial charge in [-0.1, -0.05) is 30.3 Å². The number of hydrogen-bond acceptors (Lipinski definition) is 4. The molecule has 0 atom stereocenters. The molecular formula is C15H19N3O. The maximum Gasteiger partial charge on any atom is 0.220 e. The maximum absolute atomic E-state index is 5.66. The summed E-state index contributed by atoms with van der Waals surface area (Å²) in [4.78, 5) is 0. The highest BCUT2D eigenvalue weighted by Crippen LogP contribution is 2.18. The molecule has 0 aliphatic heterocycles. The van der Waals surface area contributed by atoms with Crippen LogP contribution in [0.4, 0.5) is 0 Å². The first kappa shape index (κ1) is 12.4. The van der Waals surface area contributed by atoms with Gasteiger partial charge in [-0.05, 0) is 31.4 Å². The molecule has 0 spiro atoms. The van der Waals surface area contributed by atoms with Crippen molar-refractivity contribution in [2.45, 2.75) is 38.1 Å². The van der Waals surface area contributed by atoms with Crippen LogP contribution in [0, 0.1) is 0 Å². The Bertz CT molecular complexity index is 505. The molecule has 0 radical (unpaired) electrons. The predicted molar refractivity (Wildman–Crippen MR) is 72.9 cm³/mol. The molecule has 0 amide bonds. The monoisotopic (exact) mass is 257 g/mol. The Hall–Kier alpha value is -1.68. The summed E-state index contributed by atoms with van der Waals surface area (Å²) in [5, 5.41) is 11.7. The number of benzene rings is 1. The van der Waals surface area contributed by atoms with E-state index in [-0.39, 0.29) is 0 Å². The lowest BCUT2D eigenvalue weighted by Gasteiger charge is -1.99. The molecule has 100 valence electrons. The van der Waals surface area contributed by atoms with Crippen LogP contribution >= 0.6 is 0 Å². The third kappa shape index (κ3) is 3.89. The molecule has 1 N–H and O–H groups in total. The van der Waals surface area contributed by atoms with Crippen LogP contribution < -0.4 is 5.32 Å². The lowest BCUT2D eigenvalue weighted by molar-refractivity contribution is 0.449. The van der Waals surface area contributed by atoms with E-state index in [2.05, 4.69) is 27.6 Å². The van der Waals surface area contributed by atoms with E-state index in [0.717, 1.165) is 31.3 Å². The average molecular weight is 257 g/mol. The summed E-state index contributed by atoms with van der Waals surface area (Å²) < 4.78 is 5.66. The molecule has 0 unspecified atom stereocenters. The lowest BCUT2D eigenvalue weighted by Crippen LogP contribution is -2.17. The fourth-order valence-corrected chi connectivity index (χ4v) is 2.06. The minimum absolute atomic E-state index is 0.705. The zero-order valence-electron chi connectivity index (χ0n) is 11.0. The van der Waals surface area contributed by atoms with Crippen LogP contribution in [0.15, 0.2) is 34.7 Å². The van der Waals surface area contributed by atoms with Crippen LogP contribution in [0.25, 0.3) is 0 Å². The SMILES string of the molecule is c1ccc(Cc2nnc(CCCNC3CC3)o2)cc1. The van der Waals surface area contributed by atoms with E-state index in [0.29, 0.717) is 12.3 Å². The highest BCUT2D eigenvalue weighted by molar-refractivity contribution is 5.17. The molecular weight excluding hydrogens is 238 g/mol. The van der Waals surface area contributed by atoms with E-state index in [1.165, 1.54) is 18.4 Å². The summed E-state index contributed by atoms with van der Waals surface area (Å²) in [5.74, 6) is 1.46. The van der Waals surface area contributed by atoms with Gasteiger partial charge in [-0.3, -0.25) is 0 Å². The molecule has 2 aromatic rings. The summed E-state index contributed by atoms with van der Waals surface area (Å²) in [5.41, 5.74) is 1.20. The molecule has 1 aliphatic carbocycles. The number of aryl methyl sites for hydroxylation is 1. The first-order valence-corrected chi connectivity index (χ1v) is 6.99. The van der Waals surface area contributed by atoms with Gasteiger partial charge in [0.15, 0.2) is 0 Å². The largest absolute Gasteiger partial charge is 0.425 e. The van der Waals surface area contributed by atoms with E-state index < -0.39 is 0 Å². The fraction of sp³-hybridized carbons (Fsp3) is 0.467. The van der Waals surface area contributed by atoms with Crippen molar-refractivity contribution in [3.63, 3.8) is 0 Å². The molecule has 0 bridgehead atoms. The van der Waals surface area contributed by atoms with Crippen molar-refractivity contribution in [2.24, 2.45) is 0 Å². The van der Waals surface area contributed by atoms with Crippen molar-refractivity contribution in [1.29, 1.82) is 0 Å². The maximum atomic E-state index is 5.66. The van der Waals surface area contributed by atoms with Gasteiger partial charge >= 0.3 is 0 Å². The standard InChI is InChI=1S/C15H19N3O/c1-2-5-12(6-3-1)11-15-18-17-14(19-15)7-4-10-16-13-8-9-13/h1-3,5-6,13,16H,4,7-11H2. The van der Waals surface area contributed by atoms with Gasteiger partial charge in [0.1, 0.15) is 0 Å². The van der Waals surface area contributed by atoms with Crippen LogP contribution in [-0.2, 0) is 12.8 Å². The van der Waals surface area contributed by atoms with Crippen molar-refractivity contribution in [3.8, 4) is 0 Å². The second kappa shape index (κ2) is 5.97. The second-order valence-electron chi connectivity index (χ2n) is 5.08. The molecule has 1 aromatic carbocycles. The molecule has 19 heavy (non-hydrogen) atoms. The van der Waals surface area contributed by atoms with E-state index in [4.69, 9.17) is 4.42 Å². The fourth-order valence-electron chi connectivity index (χ4n) is 2.06. The van der Waals surface area contributed by atoms with E-state index in [9.17, 15) is 0 Å². The Labute approximate surface area is 113 Å². The van der Waals surface area contributed by atoms with Crippen molar-refractivity contribution in [3.05, 3.63) is 47.7 Å². The van der Waals surface area contributed by atoms with Gasteiger partial charge < -0.3 is 9.73 Å². The normalized spacial score (nSPS) is 14.7. The highest BCUT2D eigenvalue weighted by Gasteiger charge is 2.19. The van der Waals surface area contributed by atoms with Gasteiger partial charge in [0.2, 0.25) is 11.8 Å². The van der Waals surface area contributed by atoms with Gasteiger partial charge in [0.25, 0.3) is 0 Å². The summed E-state index contributed by atoms with van der Waals surface area (Å²) in [6, 6.07) is 11.0. The first-order valence-electron chi connectivity index (χ1n) is 6.99. The Morgan fingerprint density at radius 2 is 1.89 bits per heavy atom. The Morgan fingerprint density at radius 1 is 1.11 bits per heavy atom. The topological polar surface area (TPSA) is 51.0 Å². The van der Waals surface area contributed by atoms with E-state index in [1.807, 2.05) is 18.2 Å². The van der Waals surface area contributed by atoms with Crippen molar-refractivity contribution in [1.82, 2.24) is 15.5 Å². The lowest BCUT2D eigenvalue weighted by atomic mass is 10.2. The minimum atomic E-state index is 0.705. The number of aromatic nitrogens is 2. The number of hydrogen-bond donors (Lipinski definition) is 1. The molecule has 1 aliphatic rings. The molecule has 0 saturated heterocycles.